The maximum atomic E-state index is 5.81. The quantitative estimate of drug-likeness (QED) is 0.566. The molecule has 0 bridgehead atoms. The predicted octanol–water partition coefficient (Wildman–Crippen LogP) is 3.14. The average Bonchev–Trinajstić information content (AvgIpc) is 2.84. The average molecular weight is 237 g/mol. The van der Waals surface area contributed by atoms with Gasteiger partial charge in [-0.15, -0.1) is 0 Å². The van der Waals surface area contributed by atoms with E-state index in [-0.39, 0.29) is 0 Å². The van der Waals surface area contributed by atoms with E-state index in [4.69, 9.17) is 4.74 Å². The van der Waals surface area contributed by atoms with Gasteiger partial charge in [-0.25, -0.2) is 0 Å². The zero-order valence-corrected chi connectivity index (χ0v) is 11.2. The number of ether oxygens (including phenoxy) is 1. The summed E-state index contributed by atoms with van der Waals surface area (Å²) in [7, 11) is 0. The van der Waals surface area contributed by atoms with Crippen molar-refractivity contribution in [1.82, 2.24) is 5.32 Å². The molecule has 17 heavy (non-hydrogen) atoms. The highest BCUT2D eigenvalue weighted by Gasteiger charge is 2.18. The first kappa shape index (κ1) is 13.1. The zero-order chi connectivity index (χ0) is 11.9. The smallest absolute Gasteiger partial charge is 0.0591 e. The molecule has 1 fully saturated rings. The maximum absolute atomic E-state index is 5.81. The van der Waals surface area contributed by atoms with Crippen molar-refractivity contribution in [2.75, 3.05) is 19.8 Å². The highest BCUT2D eigenvalue weighted by molar-refractivity contribution is 4.93. The number of hydrogen-bond acceptors (Lipinski definition) is 2. The Balaban J connectivity index is 1.49. The number of allylic oxidation sites excluding steroid dienone is 2. The molecule has 0 aromatic rings. The van der Waals surface area contributed by atoms with Crippen LogP contribution in [-0.2, 0) is 4.74 Å². The highest BCUT2D eigenvalue weighted by atomic mass is 16.5. The summed E-state index contributed by atoms with van der Waals surface area (Å²) in [6, 6.07) is 0.773. The van der Waals surface area contributed by atoms with Gasteiger partial charge in [0.1, 0.15) is 0 Å². The van der Waals surface area contributed by atoms with Crippen LogP contribution in [0.5, 0.6) is 0 Å². The van der Waals surface area contributed by atoms with Crippen LogP contribution in [0, 0.1) is 11.8 Å². The van der Waals surface area contributed by atoms with Gasteiger partial charge in [-0.1, -0.05) is 31.9 Å². The lowest BCUT2D eigenvalue weighted by molar-refractivity contribution is 0.0797. The van der Waals surface area contributed by atoms with E-state index in [1.54, 1.807) is 0 Å². The second-order valence-corrected chi connectivity index (χ2v) is 5.69. The molecule has 0 aromatic heterocycles. The van der Waals surface area contributed by atoms with E-state index < -0.39 is 0 Å². The van der Waals surface area contributed by atoms with Crippen molar-refractivity contribution in [2.45, 2.75) is 51.5 Å². The predicted molar refractivity (Wildman–Crippen MR) is 72.1 cm³/mol. The molecule has 0 spiro atoms. The summed E-state index contributed by atoms with van der Waals surface area (Å²) < 4.78 is 5.81. The Morgan fingerprint density at radius 3 is 2.71 bits per heavy atom. The first-order valence-corrected chi connectivity index (χ1v) is 7.32. The van der Waals surface area contributed by atoms with Crippen LogP contribution in [0.4, 0.5) is 0 Å². The van der Waals surface area contributed by atoms with Crippen LogP contribution in [0.15, 0.2) is 12.2 Å². The van der Waals surface area contributed by atoms with E-state index in [9.17, 15) is 0 Å². The third kappa shape index (κ3) is 4.44. The van der Waals surface area contributed by atoms with Gasteiger partial charge in [-0.05, 0) is 37.5 Å². The normalized spacial score (nSPS) is 29.9. The van der Waals surface area contributed by atoms with Gasteiger partial charge in [-0.2, -0.15) is 0 Å². The number of hydrogen-bond donors (Lipinski definition) is 1. The molecule has 1 saturated carbocycles. The second-order valence-electron chi connectivity index (χ2n) is 5.69. The molecule has 2 nitrogen and oxygen atoms in total. The van der Waals surface area contributed by atoms with E-state index in [1.165, 1.54) is 38.5 Å². The SMILES string of the molecule is CC1CC=CCC1COCCNC1CCCC1. The molecule has 0 amide bonds. The zero-order valence-electron chi connectivity index (χ0n) is 11.2. The van der Waals surface area contributed by atoms with E-state index in [1.807, 2.05) is 0 Å². The van der Waals surface area contributed by atoms with Gasteiger partial charge in [0.05, 0.1) is 13.2 Å². The molecule has 2 atom stereocenters. The van der Waals surface area contributed by atoms with Crippen molar-refractivity contribution in [3.05, 3.63) is 12.2 Å². The molecule has 2 aliphatic rings. The van der Waals surface area contributed by atoms with Crippen molar-refractivity contribution in [2.24, 2.45) is 11.8 Å². The summed E-state index contributed by atoms with van der Waals surface area (Å²) in [5.74, 6) is 1.54. The van der Waals surface area contributed by atoms with Crippen LogP contribution in [0.3, 0.4) is 0 Å². The van der Waals surface area contributed by atoms with Gasteiger partial charge in [0, 0.05) is 12.6 Å². The van der Waals surface area contributed by atoms with Crippen molar-refractivity contribution >= 4 is 0 Å². The van der Waals surface area contributed by atoms with Gasteiger partial charge in [0.2, 0.25) is 0 Å². The molecule has 2 aliphatic carbocycles. The summed E-state index contributed by atoms with van der Waals surface area (Å²) in [6.07, 6.45) is 12.6. The van der Waals surface area contributed by atoms with Crippen molar-refractivity contribution in [3.63, 3.8) is 0 Å². The van der Waals surface area contributed by atoms with Crippen molar-refractivity contribution < 1.29 is 4.74 Å². The fourth-order valence-electron chi connectivity index (χ4n) is 2.94. The van der Waals surface area contributed by atoms with Gasteiger partial charge in [0.15, 0.2) is 0 Å². The Kier molecular flexibility index (Phi) is 5.53. The van der Waals surface area contributed by atoms with Crippen LogP contribution >= 0.6 is 0 Å². The molecule has 0 heterocycles. The lowest BCUT2D eigenvalue weighted by Crippen LogP contribution is -2.30. The first-order chi connectivity index (χ1) is 8.36. The summed E-state index contributed by atoms with van der Waals surface area (Å²) in [5.41, 5.74) is 0. The fourth-order valence-corrected chi connectivity index (χ4v) is 2.94. The van der Waals surface area contributed by atoms with Gasteiger partial charge in [-0.3, -0.25) is 0 Å². The molecule has 0 radical (unpaired) electrons. The minimum absolute atomic E-state index is 0.742. The minimum atomic E-state index is 0.742. The molecule has 2 rings (SSSR count). The minimum Gasteiger partial charge on any atom is -0.380 e. The molecule has 2 heteroatoms. The van der Waals surface area contributed by atoms with E-state index in [0.717, 1.165) is 37.6 Å². The third-order valence-electron chi connectivity index (χ3n) is 4.28. The monoisotopic (exact) mass is 237 g/mol. The van der Waals surface area contributed by atoms with Crippen LogP contribution in [0.1, 0.15) is 45.4 Å². The van der Waals surface area contributed by atoms with Crippen LogP contribution < -0.4 is 5.32 Å². The molecule has 2 unspecified atom stereocenters. The summed E-state index contributed by atoms with van der Waals surface area (Å²) >= 11 is 0. The lowest BCUT2D eigenvalue weighted by atomic mass is 9.85. The Morgan fingerprint density at radius 2 is 1.94 bits per heavy atom. The standard InChI is InChI=1S/C15H27NO/c1-13-6-2-3-7-14(13)12-17-11-10-16-15-8-4-5-9-15/h2-3,13-16H,4-12H2,1H3. The molecule has 1 N–H and O–H groups in total. The van der Waals surface area contributed by atoms with Gasteiger partial charge in [0.25, 0.3) is 0 Å². The molecular formula is C15H27NO. The van der Waals surface area contributed by atoms with E-state index >= 15 is 0 Å². The topological polar surface area (TPSA) is 21.3 Å². The molecule has 98 valence electrons. The lowest BCUT2D eigenvalue weighted by Gasteiger charge is -2.25. The Morgan fingerprint density at radius 1 is 1.18 bits per heavy atom. The van der Waals surface area contributed by atoms with Crippen molar-refractivity contribution in [1.29, 1.82) is 0 Å². The largest absolute Gasteiger partial charge is 0.380 e. The Bertz CT molecular complexity index is 233. The number of nitrogens with one attached hydrogen (secondary N) is 1. The van der Waals surface area contributed by atoms with Gasteiger partial charge < -0.3 is 10.1 Å². The van der Waals surface area contributed by atoms with Crippen LogP contribution in [-0.4, -0.2) is 25.8 Å². The third-order valence-corrected chi connectivity index (χ3v) is 4.28. The molecular weight excluding hydrogens is 210 g/mol. The summed E-state index contributed by atoms with van der Waals surface area (Å²) in [5, 5.41) is 3.59. The highest BCUT2D eigenvalue weighted by Crippen LogP contribution is 2.24. The fraction of sp³-hybridized carbons (Fsp3) is 0.867. The van der Waals surface area contributed by atoms with Crippen molar-refractivity contribution in [3.8, 4) is 0 Å². The van der Waals surface area contributed by atoms with Gasteiger partial charge >= 0.3 is 0 Å². The Hall–Kier alpha value is -0.340. The first-order valence-electron chi connectivity index (χ1n) is 7.32. The van der Waals surface area contributed by atoms with Crippen LogP contribution in [0.25, 0.3) is 0 Å². The second kappa shape index (κ2) is 7.17. The summed E-state index contributed by atoms with van der Waals surface area (Å²) in [4.78, 5) is 0. The molecule has 0 saturated heterocycles. The molecule has 0 aromatic carbocycles. The maximum Gasteiger partial charge on any atom is 0.0591 e. The number of rotatable bonds is 6. The van der Waals surface area contributed by atoms with Crippen LogP contribution in [0.2, 0.25) is 0 Å². The summed E-state index contributed by atoms with van der Waals surface area (Å²) in [6.45, 7) is 5.19. The molecule has 0 aliphatic heterocycles. The Labute approximate surface area is 106 Å². The van der Waals surface area contributed by atoms with E-state index in [2.05, 4.69) is 24.4 Å². The van der Waals surface area contributed by atoms with E-state index in [0.29, 0.717) is 0 Å².